The molecule has 1 fully saturated rings. The third kappa shape index (κ3) is 4.83. The first-order valence-corrected chi connectivity index (χ1v) is 14.7. The second-order valence-corrected chi connectivity index (χ2v) is 13.4. The van der Waals surface area contributed by atoms with Crippen LogP contribution in [0.3, 0.4) is 0 Å². The summed E-state index contributed by atoms with van der Waals surface area (Å²) in [5.41, 5.74) is 4.22. The summed E-state index contributed by atoms with van der Waals surface area (Å²) in [6.07, 6.45) is 2.52. The van der Waals surface area contributed by atoms with Crippen LogP contribution in [0.2, 0.25) is 0 Å². The van der Waals surface area contributed by atoms with Gasteiger partial charge in [0, 0.05) is 25.9 Å². The van der Waals surface area contributed by atoms with Crippen LogP contribution in [0.5, 0.6) is 0 Å². The Hall–Kier alpha value is -2.30. The van der Waals surface area contributed by atoms with Gasteiger partial charge in [-0.1, -0.05) is 128 Å². The molecule has 3 heteroatoms. The minimum absolute atomic E-state index is 0.413. The molecule has 0 amide bonds. The zero-order valence-electron chi connectivity index (χ0n) is 19.2. The molecule has 33 heavy (non-hydrogen) atoms. The molecule has 1 heterocycles. The number of benzene rings is 4. The second-order valence-electron chi connectivity index (χ2n) is 8.48. The highest BCUT2D eigenvalue weighted by atomic mass is 31.2. The lowest BCUT2D eigenvalue weighted by Crippen LogP contribution is -2.26. The first kappa shape index (κ1) is 22.5. The summed E-state index contributed by atoms with van der Waals surface area (Å²) in [4.78, 5) is 0. The van der Waals surface area contributed by atoms with E-state index in [2.05, 4.69) is 133 Å². The summed E-state index contributed by atoms with van der Waals surface area (Å²) in [5, 5.41) is 2.90. The molecular weight excluding hydrogens is 436 g/mol. The Morgan fingerprint density at radius 3 is 1.33 bits per heavy atom. The Labute approximate surface area is 201 Å². The molecule has 1 aliphatic rings. The van der Waals surface area contributed by atoms with Crippen LogP contribution in [-0.4, -0.2) is 11.0 Å². The van der Waals surface area contributed by atoms with E-state index >= 15 is 0 Å². The van der Waals surface area contributed by atoms with Gasteiger partial charge in [-0.3, -0.25) is 4.44 Å². The summed E-state index contributed by atoms with van der Waals surface area (Å²) in [6.45, 7) is 3.43. The summed E-state index contributed by atoms with van der Waals surface area (Å²) in [7, 11) is -1.01. The van der Waals surface area contributed by atoms with Crippen molar-refractivity contribution in [1.82, 2.24) is 4.44 Å². The van der Waals surface area contributed by atoms with Crippen LogP contribution in [0.1, 0.15) is 42.2 Å². The first-order valence-electron chi connectivity index (χ1n) is 11.9. The van der Waals surface area contributed by atoms with Gasteiger partial charge in [-0.2, -0.15) is 0 Å². The van der Waals surface area contributed by atoms with Gasteiger partial charge < -0.3 is 0 Å². The normalized spacial score (nSPS) is 18.8. The Morgan fingerprint density at radius 1 is 0.606 bits per heavy atom. The van der Waals surface area contributed by atoms with E-state index in [9.17, 15) is 0 Å². The van der Waals surface area contributed by atoms with Gasteiger partial charge in [0.1, 0.15) is 0 Å². The molecule has 2 atom stereocenters. The molecule has 1 nitrogen and oxygen atoms in total. The first-order chi connectivity index (χ1) is 16.4. The predicted octanol–water partition coefficient (Wildman–Crippen LogP) is 8.03. The van der Waals surface area contributed by atoms with Gasteiger partial charge in [0.25, 0.3) is 0 Å². The molecule has 0 N–H and O–H groups in total. The molecule has 166 valence electrons. The maximum atomic E-state index is 2.91. The third-order valence-electron chi connectivity index (χ3n) is 6.50. The van der Waals surface area contributed by atoms with Gasteiger partial charge in [0.2, 0.25) is 0 Å². The molecule has 4 aromatic rings. The highest BCUT2D eigenvalue weighted by Gasteiger charge is 2.43. The van der Waals surface area contributed by atoms with E-state index < -0.39 is 16.1 Å². The van der Waals surface area contributed by atoms with Crippen LogP contribution in [0.15, 0.2) is 121 Å². The highest BCUT2D eigenvalue weighted by molar-refractivity contribution is 7.79. The van der Waals surface area contributed by atoms with Crippen LogP contribution in [-0.2, 0) is 0 Å². The molecule has 0 bridgehead atoms. The molecule has 0 saturated carbocycles. The molecule has 5 rings (SSSR count). The fraction of sp³-hybridized carbons (Fsp3) is 0.200. The lowest BCUT2D eigenvalue weighted by Gasteiger charge is -2.42. The number of nitrogens with zero attached hydrogens (tertiary/aromatic N) is 1. The van der Waals surface area contributed by atoms with E-state index in [0.29, 0.717) is 11.3 Å². The molecule has 0 aromatic heterocycles. The van der Waals surface area contributed by atoms with Crippen molar-refractivity contribution in [3.05, 3.63) is 132 Å². The summed E-state index contributed by atoms with van der Waals surface area (Å²) in [6, 6.07) is 45.0. The fourth-order valence-corrected chi connectivity index (χ4v) is 12.5. The largest absolute Gasteiger partial charge is 0.252 e. The van der Waals surface area contributed by atoms with Gasteiger partial charge in [-0.15, -0.1) is 0 Å². The zero-order valence-corrected chi connectivity index (χ0v) is 21.0. The van der Waals surface area contributed by atoms with Gasteiger partial charge in [0.15, 0.2) is 0 Å². The number of rotatable bonds is 7. The molecular formula is C30H31NP2. The van der Waals surface area contributed by atoms with Crippen LogP contribution in [0.4, 0.5) is 0 Å². The summed E-state index contributed by atoms with van der Waals surface area (Å²) in [5.74, 6) is 0. The maximum absolute atomic E-state index is 2.91. The van der Waals surface area contributed by atoms with Crippen molar-refractivity contribution in [3.63, 3.8) is 0 Å². The topological polar surface area (TPSA) is 3.24 Å². The summed E-state index contributed by atoms with van der Waals surface area (Å²) < 4.78 is 2.91. The van der Waals surface area contributed by atoms with E-state index in [0.717, 1.165) is 6.54 Å². The van der Waals surface area contributed by atoms with Gasteiger partial charge in [-0.05, 0) is 42.6 Å². The van der Waals surface area contributed by atoms with Crippen LogP contribution < -0.4 is 10.6 Å². The van der Waals surface area contributed by atoms with Crippen LogP contribution in [0.25, 0.3) is 0 Å². The Morgan fingerprint density at radius 2 is 0.970 bits per heavy atom. The van der Waals surface area contributed by atoms with Crippen LogP contribution in [0, 0.1) is 0 Å². The van der Waals surface area contributed by atoms with Crippen LogP contribution >= 0.6 is 16.1 Å². The lowest BCUT2D eigenvalue weighted by molar-refractivity contribution is 0.734. The predicted molar refractivity (Wildman–Crippen MR) is 146 cm³/mol. The van der Waals surface area contributed by atoms with Crippen molar-refractivity contribution < 1.29 is 0 Å². The standard InChI is InChI=1S/C30H31NP2/c1-2-31(32(27-19-11-5-12-20-27)28-21-13-6-14-22-28)33-29(25-15-7-3-8-16-25)23-24-30(33)26-17-9-4-10-18-26/h3-22,29-30H,2,23-24H2,1H3/t29-,30-/m1/s1. The molecule has 4 aromatic carbocycles. The third-order valence-corrected chi connectivity index (χ3v) is 13.2. The summed E-state index contributed by atoms with van der Waals surface area (Å²) >= 11 is 0. The SMILES string of the molecule is CCN(P(c1ccccc1)c1ccccc1)P1[C@@H](c2ccccc2)CC[C@@H]1c1ccccc1. The Balaban J connectivity index is 1.63. The average Bonchev–Trinajstić information content (AvgIpc) is 3.34. The molecule has 1 aliphatic heterocycles. The Bertz CT molecular complexity index is 1030. The van der Waals surface area contributed by atoms with E-state index in [4.69, 9.17) is 0 Å². The highest BCUT2D eigenvalue weighted by Crippen LogP contribution is 2.76. The minimum Gasteiger partial charge on any atom is -0.252 e. The Kier molecular flexibility index (Phi) is 7.33. The van der Waals surface area contributed by atoms with Gasteiger partial charge >= 0.3 is 0 Å². The molecule has 0 unspecified atom stereocenters. The minimum atomic E-state index is -0.597. The quantitative estimate of drug-likeness (QED) is 0.249. The average molecular weight is 468 g/mol. The van der Waals surface area contributed by atoms with Crippen molar-refractivity contribution in [1.29, 1.82) is 0 Å². The zero-order chi connectivity index (χ0) is 22.5. The van der Waals surface area contributed by atoms with E-state index in [1.807, 2.05) is 0 Å². The van der Waals surface area contributed by atoms with Crippen molar-refractivity contribution in [2.45, 2.75) is 31.1 Å². The van der Waals surface area contributed by atoms with Gasteiger partial charge in [0.05, 0.1) is 0 Å². The van der Waals surface area contributed by atoms with Gasteiger partial charge in [-0.25, -0.2) is 0 Å². The van der Waals surface area contributed by atoms with E-state index in [-0.39, 0.29) is 0 Å². The monoisotopic (exact) mass is 467 g/mol. The smallest absolute Gasteiger partial charge is 0.0318 e. The number of hydrogen-bond acceptors (Lipinski definition) is 1. The molecule has 1 saturated heterocycles. The van der Waals surface area contributed by atoms with E-state index in [1.54, 1.807) is 0 Å². The molecule has 0 spiro atoms. The second kappa shape index (κ2) is 10.8. The molecule has 0 radical (unpaired) electrons. The van der Waals surface area contributed by atoms with Crippen molar-refractivity contribution in [2.24, 2.45) is 0 Å². The fourth-order valence-electron chi connectivity index (χ4n) is 5.07. The maximum Gasteiger partial charge on any atom is 0.0318 e. The molecule has 0 aliphatic carbocycles. The van der Waals surface area contributed by atoms with Crippen molar-refractivity contribution in [2.75, 3.05) is 6.54 Å². The van der Waals surface area contributed by atoms with Crippen molar-refractivity contribution in [3.8, 4) is 0 Å². The number of hydrogen-bond donors (Lipinski definition) is 0. The lowest BCUT2D eigenvalue weighted by atomic mass is 10.0. The van der Waals surface area contributed by atoms with E-state index in [1.165, 1.54) is 34.6 Å². The van der Waals surface area contributed by atoms with Crippen molar-refractivity contribution >= 4 is 26.8 Å².